The lowest BCUT2D eigenvalue weighted by atomic mass is 10.1. The molecule has 4 nitrogen and oxygen atoms in total. The SMILES string of the molecule is COc1cccc(C(=O)N2CCc3cc4ccccc4nc32)c1. The van der Waals surface area contributed by atoms with E-state index in [2.05, 4.69) is 12.1 Å². The molecular weight excluding hydrogens is 288 g/mol. The highest BCUT2D eigenvalue weighted by atomic mass is 16.5. The number of fused-ring (bicyclic) bond motifs is 2. The van der Waals surface area contributed by atoms with E-state index in [4.69, 9.17) is 9.72 Å². The first-order valence-corrected chi connectivity index (χ1v) is 7.61. The Morgan fingerprint density at radius 3 is 2.87 bits per heavy atom. The monoisotopic (exact) mass is 304 g/mol. The van der Waals surface area contributed by atoms with Gasteiger partial charge >= 0.3 is 0 Å². The Kier molecular flexibility index (Phi) is 3.23. The highest BCUT2D eigenvalue weighted by Crippen LogP contribution is 2.30. The van der Waals surface area contributed by atoms with Gasteiger partial charge in [-0.05, 0) is 42.3 Å². The zero-order valence-electron chi connectivity index (χ0n) is 12.8. The molecule has 0 saturated carbocycles. The van der Waals surface area contributed by atoms with E-state index in [1.165, 1.54) is 0 Å². The molecule has 4 rings (SSSR count). The van der Waals surface area contributed by atoms with Crippen molar-refractivity contribution in [3.63, 3.8) is 0 Å². The molecule has 0 unspecified atom stereocenters. The minimum Gasteiger partial charge on any atom is -0.497 e. The first kappa shape index (κ1) is 13.8. The highest BCUT2D eigenvalue weighted by Gasteiger charge is 2.27. The van der Waals surface area contributed by atoms with Crippen LogP contribution in [0.25, 0.3) is 10.9 Å². The Labute approximate surface area is 134 Å². The average molecular weight is 304 g/mol. The van der Waals surface area contributed by atoms with E-state index >= 15 is 0 Å². The fraction of sp³-hybridized carbons (Fsp3) is 0.158. The van der Waals surface area contributed by atoms with Crippen LogP contribution in [-0.2, 0) is 6.42 Å². The van der Waals surface area contributed by atoms with Crippen LogP contribution < -0.4 is 9.64 Å². The Balaban J connectivity index is 1.75. The lowest BCUT2D eigenvalue weighted by Crippen LogP contribution is -2.29. The van der Waals surface area contributed by atoms with Gasteiger partial charge in [0.25, 0.3) is 5.91 Å². The molecule has 3 aromatic rings. The van der Waals surface area contributed by atoms with Gasteiger partial charge in [-0.25, -0.2) is 4.98 Å². The number of para-hydroxylation sites is 1. The maximum absolute atomic E-state index is 12.8. The topological polar surface area (TPSA) is 42.4 Å². The summed E-state index contributed by atoms with van der Waals surface area (Å²) >= 11 is 0. The van der Waals surface area contributed by atoms with Gasteiger partial charge in [0.2, 0.25) is 0 Å². The van der Waals surface area contributed by atoms with E-state index in [1.54, 1.807) is 18.1 Å². The normalized spacial score (nSPS) is 13.2. The van der Waals surface area contributed by atoms with Gasteiger partial charge in [0.1, 0.15) is 11.6 Å². The molecule has 1 amide bonds. The number of anilines is 1. The fourth-order valence-electron chi connectivity index (χ4n) is 3.02. The van der Waals surface area contributed by atoms with Crippen LogP contribution in [-0.4, -0.2) is 24.5 Å². The number of pyridine rings is 1. The molecule has 114 valence electrons. The van der Waals surface area contributed by atoms with Crippen LogP contribution in [0.2, 0.25) is 0 Å². The van der Waals surface area contributed by atoms with Crippen molar-refractivity contribution in [3.05, 3.63) is 65.7 Å². The van der Waals surface area contributed by atoms with Crippen molar-refractivity contribution in [3.8, 4) is 5.75 Å². The Morgan fingerprint density at radius 2 is 2.00 bits per heavy atom. The molecule has 0 atom stereocenters. The van der Waals surface area contributed by atoms with E-state index in [1.807, 2.05) is 36.4 Å². The smallest absolute Gasteiger partial charge is 0.259 e. The molecule has 1 aromatic heterocycles. The standard InChI is InChI=1S/C19H16N2O2/c1-23-16-7-4-6-15(12-16)19(22)21-10-9-14-11-13-5-2-3-8-17(13)20-18(14)21/h2-8,11-12H,9-10H2,1H3. The van der Waals surface area contributed by atoms with Gasteiger partial charge in [0.15, 0.2) is 0 Å². The molecule has 0 spiro atoms. The molecule has 0 bridgehead atoms. The largest absolute Gasteiger partial charge is 0.497 e. The summed E-state index contributed by atoms with van der Waals surface area (Å²) in [5.74, 6) is 1.42. The number of benzene rings is 2. The third kappa shape index (κ3) is 2.32. The summed E-state index contributed by atoms with van der Waals surface area (Å²) in [6, 6.07) is 17.4. The fourth-order valence-corrected chi connectivity index (χ4v) is 3.02. The number of ether oxygens (including phenoxy) is 1. The van der Waals surface area contributed by atoms with Crippen LogP contribution in [0.1, 0.15) is 15.9 Å². The zero-order chi connectivity index (χ0) is 15.8. The van der Waals surface area contributed by atoms with Gasteiger partial charge in [0.05, 0.1) is 12.6 Å². The quantitative estimate of drug-likeness (QED) is 0.728. The van der Waals surface area contributed by atoms with Crippen LogP contribution in [0.5, 0.6) is 5.75 Å². The predicted octanol–water partition coefficient (Wildman–Crippen LogP) is 3.45. The molecule has 1 aliphatic heterocycles. The lowest BCUT2D eigenvalue weighted by Gasteiger charge is -2.17. The molecule has 0 N–H and O–H groups in total. The van der Waals surface area contributed by atoms with Crippen molar-refractivity contribution in [1.82, 2.24) is 4.98 Å². The van der Waals surface area contributed by atoms with E-state index in [0.717, 1.165) is 28.7 Å². The number of hydrogen-bond donors (Lipinski definition) is 0. The predicted molar refractivity (Wildman–Crippen MR) is 90.1 cm³/mol. The van der Waals surface area contributed by atoms with E-state index < -0.39 is 0 Å². The molecule has 0 saturated heterocycles. The maximum Gasteiger partial charge on any atom is 0.259 e. The third-order valence-corrected chi connectivity index (χ3v) is 4.20. The Bertz CT molecular complexity index is 905. The van der Waals surface area contributed by atoms with E-state index in [0.29, 0.717) is 17.9 Å². The van der Waals surface area contributed by atoms with Gasteiger partial charge in [-0.15, -0.1) is 0 Å². The van der Waals surface area contributed by atoms with Crippen molar-refractivity contribution < 1.29 is 9.53 Å². The molecule has 4 heteroatoms. The first-order valence-electron chi connectivity index (χ1n) is 7.61. The van der Waals surface area contributed by atoms with Crippen molar-refractivity contribution in [2.75, 3.05) is 18.6 Å². The Morgan fingerprint density at radius 1 is 1.13 bits per heavy atom. The summed E-state index contributed by atoms with van der Waals surface area (Å²) in [5, 5.41) is 1.11. The van der Waals surface area contributed by atoms with Crippen molar-refractivity contribution in [2.45, 2.75) is 6.42 Å². The van der Waals surface area contributed by atoms with Gasteiger partial charge in [-0.2, -0.15) is 0 Å². The third-order valence-electron chi connectivity index (χ3n) is 4.20. The summed E-state index contributed by atoms with van der Waals surface area (Å²) in [7, 11) is 1.60. The van der Waals surface area contributed by atoms with Crippen molar-refractivity contribution in [2.24, 2.45) is 0 Å². The molecule has 1 aliphatic rings. The molecule has 2 aromatic carbocycles. The number of amides is 1. The summed E-state index contributed by atoms with van der Waals surface area (Å²) in [6.45, 7) is 0.661. The number of carbonyl (C=O) groups excluding carboxylic acids is 1. The molecular formula is C19H16N2O2. The summed E-state index contributed by atoms with van der Waals surface area (Å²) in [4.78, 5) is 19.3. The molecule has 0 fully saturated rings. The van der Waals surface area contributed by atoms with Gasteiger partial charge in [-0.1, -0.05) is 24.3 Å². The second-order valence-electron chi connectivity index (χ2n) is 5.60. The van der Waals surface area contributed by atoms with Crippen LogP contribution in [0.15, 0.2) is 54.6 Å². The summed E-state index contributed by atoms with van der Waals surface area (Å²) in [5.41, 5.74) is 2.66. The van der Waals surface area contributed by atoms with Crippen molar-refractivity contribution >= 4 is 22.6 Å². The van der Waals surface area contributed by atoms with Gasteiger partial charge in [-0.3, -0.25) is 9.69 Å². The number of carbonyl (C=O) groups is 1. The van der Waals surface area contributed by atoms with E-state index in [9.17, 15) is 4.79 Å². The van der Waals surface area contributed by atoms with Crippen LogP contribution in [0, 0.1) is 0 Å². The summed E-state index contributed by atoms with van der Waals surface area (Å²) in [6.07, 6.45) is 0.836. The number of rotatable bonds is 2. The zero-order valence-corrected chi connectivity index (χ0v) is 12.8. The van der Waals surface area contributed by atoms with Gasteiger partial charge < -0.3 is 4.74 Å². The minimum absolute atomic E-state index is 0.0366. The Hall–Kier alpha value is -2.88. The highest BCUT2D eigenvalue weighted by molar-refractivity contribution is 6.07. The minimum atomic E-state index is -0.0366. The van der Waals surface area contributed by atoms with Crippen molar-refractivity contribution in [1.29, 1.82) is 0 Å². The second kappa shape index (κ2) is 5.39. The van der Waals surface area contributed by atoms with Gasteiger partial charge in [0, 0.05) is 17.5 Å². The van der Waals surface area contributed by atoms with Crippen LogP contribution >= 0.6 is 0 Å². The lowest BCUT2D eigenvalue weighted by molar-refractivity contribution is 0.0988. The second-order valence-corrected chi connectivity index (χ2v) is 5.60. The molecule has 2 heterocycles. The van der Waals surface area contributed by atoms with Crippen LogP contribution in [0.4, 0.5) is 5.82 Å². The number of nitrogens with zero attached hydrogens (tertiary/aromatic N) is 2. The van der Waals surface area contributed by atoms with E-state index in [-0.39, 0.29) is 5.91 Å². The number of aromatic nitrogens is 1. The molecule has 0 radical (unpaired) electrons. The summed E-state index contributed by atoms with van der Waals surface area (Å²) < 4.78 is 5.21. The van der Waals surface area contributed by atoms with Crippen LogP contribution in [0.3, 0.4) is 0 Å². The molecule has 23 heavy (non-hydrogen) atoms. The first-order chi connectivity index (χ1) is 11.3. The number of hydrogen-bond acceptors (Lipinski definition) is 3. The maximum atomic E-state index is 12.8. The number of methoxy groups -OCH3 is 1. The average Bonchev–Trinajstić information content (AvgIpc) is 3.01. The molecule has 0 aliphatic carbocycles.